The van der Waals surface area contributed by atoms with Crippen LogP contribution < -0.4 is 0 Å². The molecular weight excluding hydrogens is 523 g/mol. The van der Waals surface area contributed by atoms with Crippen molar-refractivity contribution < 1.29 is 31.3 Å². The van der Waals surface area contributed by atoms with Gasteiger partial charge < -0.3 is 10.2 Å². The molecule has 136 valence electrons. The molecule has 2 aromatic heterocycles. The zero-order chi connectivity index (χ0) is 17.9. The SMILES string of the molecule is Oc1ccccc1-c1nccc(-c2ccnc(-c3ccccc3O)n2)n1.[Pt]. The Morgan fingerprint density at radius 2 is 0.963 bits per heavy atom. The first-order valence-corrected chi connectivity index (χ1v) is 7.95. The van der Waals surface area contributed by atoms with Crippen molar-refractivity contribution in [1.82, 2.24) is 19.9 Å². The summed E-state index contributed by atoms with van der Waals surface area (Å²) in [6.07, 6.45) is 3.23. The molecule has 0 aliphatic heterocycles. The Balaban J connectivity index is 0.00000210. The Labute approximate surface area is 169 Å². The quantitative estimate of drug-likeness (QED) is 0.415. The molecule has 0 unspecified atom stereocenters. The summed E-state index contributed by atoms with van der Waals surface area (Å²) in [5, 5.41) is 20.0. The van der Waals surface area contributed by atoms with Crippen molar-refractivity contribution in [3.8, 4) is 45.7 Å². The summed E-state index contributed by atoms with van der Waals surface area (Å²) in [7, 11) is 0. The van der Waals surface area contributed by atoms with E-state index in [1.165, 1.54) is 0 Å². The molecule has 0 amide bonds. The van der Waals surface area contributed by atoms with Crippen LogP contribution in [0.25, 0.3) is 34.2 Å². The molecule has 6 nitrogen and oxygen atoms in total. The van der Waals surface area contributed by atoms with Gasteiger partial charge in [-0.1, -0.05) is 24.3 Å². The van der Waals surface area contributed by atoms with E-state index in [1.807, 2.05) is 12.1 Å². The average Bonchev–Trinajstić information content (AvgIpc) is 2.69. The van der Waals surface area contributed by atoms with Gasteiger partial charge in [-0.15, -0.1) is 0 Å². The predicted molar refractivity (Wildman–Crippen MR) is 97.3 cm³/mol. The third-order valence-corrected chi connectivity index (χ3v) is 3.86. The van der Waals surface area contributed by atoms with Crippen LogP contribution in [0, 0.1) is 0 Å². The van der Waals surface area contributed by atoms with Gasteiger partial charge in [-0.25, -0.2) is 19.9 Å². The monoisotopic (exact) mass is 537 g/mol. The number of nitrogens with zero attached hydrogens (tertiary/aromatic N) is 4. The van der Waals surface area contributed by atoms with Crippen molar-refractivity contribution in [2.24, 2.45) is 0 Å². The summed E-state index contributed by atoms with van der Waals surface area (Å²) in [4.78, 5) is 17.5. The second-order valence-electron chi connectivity index (χ2n) is 5.57. The van der Waals surface area contributed by atoms with Gasteiger partial charge in [0.25, 0.3) is 0 Å². The van der Waals surface area contributed by atoms with Crippen LogP contribution in [0.5, 0.6) is 11.5 Å². The number of hydrogen-bond donors (Lipinski definition) is 2. The van der Waals surface area contributed by atoms with Crippen LogP contribution in [-0.2, 0) is 21.1 Å². The molecule has 2 heterocycles. The summed E-state index contributed by atoms with van der Waals surface area (Å²) < 4.78 is 0. The molecule has 4 aromatic rings. The summed E-state index contributed by atoms with van der Waals surface area (Å²) in [5.41, 5.74) is 2.28. The summed E-state index contributed by atoms with van der Waals surface area (Å²) in [6, 6.07) is 17.3. The Kier molecular flexibility index (Phi) is 5.57. The molecule has 0 atom stereocenters. The fourth-order valence-corrected chi connectivity index (χ4v) is 2.59. The molecular formula is C20H14N4O2Pt. The molecule has 0 bridgehead atoms. The third kappa shape index (κ3) is 3.86. The number of aromatic nitrogens is 4. The normalized spacial score (nSPS) is 10.2. The van der Waals surface area contributed by atoms with Crippen LogP contribution in [0.4, 0.5) is 0 Å². The minimum Gasteiger partial charge on any atom is -0.507 e. The zero-order valence-corrected chi connectivity index (χ0v) is 16.2. The van der Waals surface area contributed by atoms with E-state index in [0.717, 1.165) is 0 Å². The standard InChI is InChI=1S/C20H14N4O2.Pt/c25-17-7-3-1-5-13(17)19-21-11-9-15(23-19)16-10-12-22-20(24-16)14-6-2-4-8-18(14)26;/h1-12,25-26H;. The number of phenols is 2. The fourth-order valence-electron chi connectivity index (χ4n) is 2.59. The van der Waals surface area contributed by atoms with Gasteiger partial charge in [-0.2, -0.15) is 0 Å². The molecule has 27 heavy (non-hydrogen) atoms. The Morgan fingerprint density at radius 1 is 0.556 bits per heavy atom. The number of rotatable bonds is 3. The maximum Gasteiger partial charge on any atom is 0.163 e. The van der Waals surface area contributed by atoms with Crippen LogP contribution in [0.1, 0.15) is 0 Å². The number of para-hydroxylation sites is 2. The molecule has 0 saturated carbocycles. The molecule has 0 aliphatic carbocycles. The third-order valence-electron chi connectivity index (χ3n) is 3.86. The van der Waals surface area contributed by atoms with Crippen LogP contribution in [-0.4, -0.2) is 30.1 Å². The van der Waals surface area contributed by atoms with Gasteiger partial charge in [0.1, 0.15) is 11.5 Å². The van der Waals surface area contributed by atoms with Gasteiger partial charge in [0.2, 0.25) is 0 Å². The van der Waals surface area contributed by atoms with Crippen LogP contribution >= 0.6 is 0 Å². The van der Waals surface area contributed by atoms with E-state index in [0.29, 0.717) is 34.2 Å². The van der Waals surface area contributed by atoms with E-state index in [1.54, 1.807) is 60.9 Å². The summed E-state index contributed by atoms with van der Waals surface area (Å²) in [6.45, 7) is 0. The van der Waals surface area contributed by atoms with E-state index >= 15 is 0 Å². The predicted octanol–water partition coefficient (Wildman–Crippen LogP) is 3.68. The summed E-state index contributed by atoms with van der Waals surface area (Å²) in [5.74, 6) is 1.04. The van der Waals surface area contributed by atoms with Crippen molar-refractivity contribution in [2.45, 2.75) is 0 Å². The fraction of sp³-hybridized carbons (Fsp3) is 0. The maximum atomic E-state index is 10.0. The Hall–Kier alpha value is -3.11. The van der Waals surface area contributed by atoms with E-state index in [4.69, 9.17) is 0 Å². The zero-order valence-electron chi connectivity index (χ0n) is 13.9. The van der Waals surface area contributed by atoms with Gasteiger partial charge >= 0.3 is 0 Å². The summed E-state index contributed by atoms with van der Waals surface area (Å²) >= 11 is 0. The van der Waals surface area contributed by atoms with Crippen LogP contribution in [0.15, 0.2) is 73.1 Å². The van der Waals surface area contributed by atoms with Crippen molar-refractivity contribution >= 4 is 0 Å². The van der Waals surface area contributed by atoms with E-state index in [2.05, 4.69) is 19.9 Å². The van der Waals surface area contributed by atoms with Gasteiger partial charge in [0.05, 0.1) is 22.5 Å². The molecule has 0 radical (unpaired) electrons. The van der Waals surface area contributed by atoms with Crippen molar-refractivity contribution in [3.05, 3.63) is 73.1 Å². The molecule has 0 fully saturated rings. The molecule has 4 rings (SSSR count). The smallest absolute Gasteiger partial charge is 0.163 e. The minimum atomic E-state index is 0. The molecule has 2 aromatic carbocycles. The molecule has 2 N–H and O–H groups in total. The molecule has 0 aliphatic rings. The van der Waals surface area contributed by atoms with E-state index in [-0.39, 0.29) is 32.6 Å². The van der Waals surface area contributed by atoms with Crippen LogP contribution in [0.2, 0.25) is 0 Å². The second kappa shape index (κ2) is 8.06. The van der Waals surface area contributed by atoms with E-state index < -0.39 is 0 Å². The Bertz CT molecular complexity index is 1000. The van der Waals surface area contributed by atoms with Crippen molar-refractivity contribution in [1.29, 1.82) is 0 Å². The molecule has 0 spiro atoms. The van der Waals surface area contributed by atoms with Crippen LogP contribution in [0.3, 0.4) is 0 Å². The first kappa shape index (κ1) is 18.7. The average molecular weight is 537 g/mol. The van der Waals surface area contributed by atoms with Gasteiger partial charge in [0, 0.05) is 33.5 Å². The molecule has 0 saturated heterocycles. The first-order valence-electron chi connectivity index (χ1n) is 7.95. The molecule has 7 heteroatoms. The largest absolute Gasteiger partial charge is 0.507 e. The van der Waals surface area contributed by atoms with Gasteiger partial charge in [-0.3, -0.25) is 0 Å². The minimum absolute atomic E-state index is 0. The number of aromatic hydroxyl groups is 2. The van der Waals surface area contributed by atoms with Crippen molar-refractivity contribution in [2.75, 3.05) is 0 Å². The topological polar surface area (TPSA) is 92.0 Å². The van der Waals surface area contributed by atoms with Gasteiger partial charge in [0.15, 0.2) is 11.6 Å². The number of hydrogen-bond acceptors (Lipinski definition) is 6. The number of benzene rings is 2. The first-order chi connectivity index (χ1) is 12.7. The van der Waals surface area contributed by atoms with E-state index in [9.17, 15) is 10.2 Å². The second-order valence-corrected chi connectivity index (χ2v) is 5.57. The number of phenolic OH excluding ortho intramolecular Hbond substituents is 2. The van der Waals surface area contributed by atoms with Gasteiger partial charge in [-0.05, 0) is 36.4 Å². The maximum absolute atomic E-state index is 10.0. The van der Waals surface area contributed by atoms with Crippen molar-refractivity contribution in [3.63, 3.8) is 0 Å². The Morgan fingerprint density at radius 3 is 1.37 bits per heavy atom.